The molecule has 2 heterocycles. The molecule has 0 radical (unpaired) electrons. The molecule has 0 atom stereocenters. The van der Waals surface area contributed by atoms with Gasteiger partial charge in [-0.3, -0.25) is 15.2 Å². The lowest BCUT2D eigenvalue weighted by Gasteiger charge is -2.02. The molecule has 0 aliphatic heterocycles. The van der Waals surface area contributed by atoms with Gasteiger partial charge in [0.25, 0.3) is 5.91 Å². The summed E-state index contributed by atoms with van der Waals surface area (Å²) >= 11 is 0. The number of carbonyl (C=O) groups is 1. The van der Waals surface area contributed by atoms with Crippen LogP contribution in [0.1, 0.15) is 10.4 Å². The van der Waals surface area contributed by atoms with E-state index in [-0.39, 0.29) is 5.91 Å². The van der Waals surface area contributed by atoms with Gasteiger partial charge in [-0.2, -0.15) is 15.2 Å². The molecule has 7 heteroatoms. The van der Waals surface area contributed by atoms with Gasteiger partial charge in [0.05, 0.1) is 17.3 Å². The topological polar surface area (TPSA) is 99.3 Å². The molecule has 17 heavy (non-hydrogen) atoms. The predicted molar refractivity (Wildman–Crippen MR) is 60.4 cm³/mol. The fraction of sp³-hybridized carbons (Fsp3) is 0. The van der Waals surface area contributed by atoms with Crippen LogP contribution in [0.5, 0.6) is 0 Å². The quantitative estimate of drug-likeness (QED) is 0.607. The van der Waals surface area contributed by atoms with Crippen LogP contribution in [-0.2, 0) is 0 Å². The van der Waals surface area contributed by atoms with Gasteiger partial charge in [-0.15, -0.1) is 0 Å². The molecule has 0 fully saturated rings. The van der Waals surface area contributed by atoms with E-state index in [1.807, 2.05) is 6.07 Å². The van der Waals surface area contributed by atoms with E-state index in [4.69, 9.17) is 0 Å². The number of amides is 1. The molecule has 1 amide bonds. The largest absolute Gasteiger partial charge is 0.291 e. The van der Waals surface area contributed by atoms with Crippen molar-refractivity contribution in [1.29, 1.82) is 0 Å². The van der Waals surface area contributed by atoms with Gasteiger partial charge in [-0.25, -0.2) is 5.10 Å². The van der Waals surface area contributed by atoms with E-state index in [1.54, 1.807) is 18.3 Å². The van der Waals surface area contributed by atoms with Crippen LogP contribution < -0.4 is 5.32 Å². The average molecular weight is 228 g/mol. The summed E-state index contributed by atoms with van der Waals surface area (Å²) in [6, 6.07) is 5.39. The zero-order valence-electron chi connectivity index (χ0n) is 8.64. The second kappa shape index (κ2) is 3.71. The molecule has 2 aromatic heterocycles. The molecular formula is C10H8N6O. The molecular weight excluding hydrogens is 220 g/mol. The summed E-state index contributed by atoms with van der Waals surface area (Å²) in [4.78, 5) is 15.8. The molecule has 3 N–H and O–H groups in total. The van der Waals surface area contributed by atoms with E-state index in [0.717, 1.165) is 5.39 Å². The maximum Gasteiger partial charge on any atom is 0.260 e. The van der Waals surface area contributed by atoms with Gasteiger partial charge >= 0.3 is 0 Å². The molecule has 84 valence electrons. The Labute approximate surface area is 95.3 Å². The Balaban J connectivity index is 1.98. The molecule has 0 spiro atoms. The zero-order valence-corrected chi connectivity index (χ0v) is 8.64. The number of rotatable bonds is 2. The first-order valence-electron chi connectivity index (χ1n) is 4.93. The summed E-state index contributed by atoms with van der Waals surface area (Å²) in [5.74, 6) is 0.0446. The van der Waals surface area contributed by atoms with Crippen molar-refractivity contribution in [1.82, 2.24) is 25.4 Å². The Kier molecular flexibility index (Phi) is 2.08. The lowest BCUT2D eigenvalue weighted by Crippen LogP contribution is -2.13. The third kappa shape index (κ3) is 1.63. The van der Waals surface area contributed by atoms with Crippen molar-refractivity contribution in [3.05, 3.63) is 36.3 Å². The molecule has 1 aromatic carbocycles. The Morgan fingerprint density at radius 2 is 2.18 bits per heavy atom. The number of nitrogens with one attached hydrogen (secondary N) is 3. The SMILES string of the molecule is O=C(Nc1ncn[nH]1)c1cccc2cn[nH]c12. The summed E-state index contributed by atoms with van der Waals surface area (Å²) in [7, 11) is 0. The molecule has 0 aliphatic rings. The fourth-order valence-electron chi connectivity index (χ4n) is 1.60. The van der Waals surface area contributed by atoms with Gasteiger partial charge in [0.1, 0.15) is 6.33 Å². The smallest absolute Gasteiger partial charge is 0.260 e. The molecule has 0 aliphatic carbocycles. The van der Waals surface area contributed by atoms with Crippen molar-refractivity contribution in [2.24, 2.45) is 0 Å². The van der Waals surface area contributed by atoms with Crippen molar-refractivity contribution in [3.8, 4) is 0 Å². The monoisotopic (exact) mass is 228 g/mol. The maximum atomic E-state index is 12.0. The van der Waals surface area contributed by atoms with Gasteiger partial charge in [-0.1, -0.05) is 12.1 Å². The zero-order chi connectivity index (χ0) is 11.7. The lowest BCUT2D eigenvalue weighted by atomic mass is 10.1. The molecule has 3 rings (SSSR count). The fourth-order valence-corrected chi connectivity index (χ4v) is 1.60. The number of para-hydroxylation sites is 1. The highest BCUT2D eigenvalue weighted by molar-refractivity contribution is 6.11. The Hall–Kier alpha value is -2.70. The first-order valence-corrected chi connectivity index (χ1v) is 4.93. The van der Waals surface area contributed by atoms with Crippen LogP contribution in [0.4, 0.5) is 5.95 Å². The second-order valence-corrected chi connectivity index (χ2v) is 3.43. The van der Waals surface area contributed by atoms with Crippen LogP contribution >= 0.6 is 0 Å². The molecule has 0 saturated heterocycles. The van der Waals surface area contributed by atoms with Crippen LogP contribution in [0.15, 0.2) is 30.7 Å². The number of benzene rings is 1. The number of fused-ring (bicyclic) bond motifs is 1. The molecule has 3 aromatic rings. The van der Waals surface area contributed by atoms with Gasteiger partial charge in [-0.05, 0) is 6.07 Å². The number of H-pyrrole nitrogens is 2. The molecule has 0 bridgehead atoms. The van der Waals surface area contributed by atoms with Gasteiger partial charge in [0.2, 0.25) is 5.95 Å². The highest BCUT2D eigenvalue weighted by Crippen LogP contribution is 2.16. The van der Waals surface area contributed by atoms with Crippen molar-refractivity contribution < 1.29 is 4.79 Å². The van der Waals surface area contributed by atoms with Crippen LogP contribution in [0, 0.1) is 0 Å². The Morgan fingerprint density at radius 1 is 1.24 bits per heavy atom. The average Bonchev–Trinajstić information content (AvgIpc) is 2.97. The second-order valence-electron chi connectivity index (χ2n) is 3.43. The van der Waals surface area contributed by atoms with Crippen LogP contribution in [0.3, 0.4) is 0 Å². The maximum absolute atomic E-state index is 12.0. The normalized spacial score (nSPS) is 10.6. The van der Waals surface area contributed by atoms with E-state index in [2.05, 4.69) is 30.7 Å². The molecule has 0 unspecified atom stereocenters. The van der Waals surface area contributed by atoms with E-state index < -0.39 is 0 Å². The number of aromatic nitrogens is 5. The first-order chi connectivity index (χ1) is 8.34. The highest BCUT2D eigenvalue weighted by Gasteiger charge is 2.12. The number of anilines is 1. The van der Waals surface area contributed by atoms with Crippen molar-refractivity contribution in [3.63, 3.8) is 0 Å². The third-order valence-corrected chi connectivity index (χ3v) is 2.37. The third-order valence-electron chi connectivity index (χ3n) is 2.37. The van der Waals surface area contributed by atoms with Gasteiger partial charge in [0, 0.05) is 5.39 Å². The number of carbonyl (C=O) groups excluding carboxylic acids is 1. The van der Waals surface area contributed by atoms with E-state index in [9.17, 15) is 4.79 Å². The standard InChI is InChI=1S/C10H8N6O/c17-9(14-10-11-5-13-16-10)7-3-1-2-6-4-12-15-8(6)7/h1-5H,(H,12,15)(H2,11,13,14,16,17). The summed E-state index contributed by atoms with van der Waals surface area (Å²) in [6.07, 6.45) is 2.99. The predicted octanol–water partition coefficient (Wildman–Crippen LogP) is 0.933. The lowest BCUT2D eigenvalue weighted by molar-refractivity contribution is 0.102. The van der Waals surface area contributed by atoms with Crippen molar-refractivity contribution in [2.45, 2.75) is 0 Å². The summed E-state index contributed by atoms with van der Waals surface area (Å²) in [5, 5.41) is 16.4. The number of hydrogen-bond acceptors (Lipinski definition) is 4. The molecule has 0 saturated carbocycles. The summed E-state index contributed by atoms with van der Waals surface area (Å²) < 4.78 is 0. The van der Waals surface area contributed by atoms with E-state index in [1.165, 1.54) is 6.33 Å². The van der Waals surface area contributed by atoms with Gasteiger partial charge in [0.15, 0.2) is 0 Å². The van der Waals surface area contributed by atoms with E-state index >= 15 is 0 Å². The van der Waals surface area contributed by atoms with Crippen LogP contribution in [0.2, 0.25) is 0 Å². The minimum atomic E-state index is -0.267. The minimum Gasteiger partial charge on any atom is -0.291 e. The number of aromatic amines is 2. The number of hydrogen-bond donors (Lipinski definition) is 3. The van der Waals surface area contributed by atoms with Crippen LogP contribution in [0.25, 0.3) is 10.9 Å². The van der Waals surface area contributed by atoms with Crippen molar-refractivity contribution in [2.75, 3.05) is 5.32 Å². The van der Waals surface area contributed by atoms with E-state index in [0.29, 0.717) is 17.0 Å². The summed E-state index contributed by atoms with van der Waals surface area (Å²) in [5.41, 5.74) is 1.21. The van der Waals surface area contributed by atoms with Crippen molar-refractivity contribution >= 4 is 22.8 Å². The Bertz CT molecular complexity index is 656. The summed E-state index contributed by atoms with van der Waals surface area (Å²) in [6.45, 7) is 0. The first kappa shape index (κ1) is 9.52. The van der Waals surface area contributed by atoms with Gasteiger partial charge < -0.3 is 0 Å². The van der Waals surface area contributed by atoms with Crippen LogP contribution in [-0.4, -0.2) is 31.3 Å². The Morgan fingerprint density at radius 3 is 3.00 bits per heavy atom. The number of nitrogens with zero attached hydrogens (tertiary/aromatic N) is 3. The highest BCUT2D eigenvalue weighted by atomic mass is 16.1. The minimum absolute atomic E-state index is 0.267. The molecule has 7 nitrogen and oxygen atoms in total.